The van der Waals surface area contributed by atoms with Crippen LogP contribution in [-0.4, -0.2) is 30.3 Å². The summed E-state index contributed by atoms with van der Waals surface area (Å²) in [6.07, 6.45) is -2.99. The molecule has 2 rings (SSSR count). The first-order chi connectivity index (χ1) is 12.9. The van der Waals surface area contributed by atoms with Gasteiger partial charge in [0.2, 0.25) is 5.88 Å². The monoisotopic (exact) mass is 380 g/mol. The minimum absolute atomic E-state index is 0.0714. The van der Waals surface area contributed by atoms with E-state index >= 15 is 0 Å². The summed E-state index contributed by atoms with van der Waals surface area (Å²) in [5.41, 5.74) is 3.05. The molecule has 0 unspecified atom stereocenters. The number of nitrogens with one attached hydrogen (secondary N) is 2. The third-order valence-electron chi connectivity index (χ3n) is 3.65. The van der Waals surface area contributed by atoms with Gasteiger partial charge in [0.25, 0.3) is 0 Å². The lowest BCUT2D eigenvalue weighted by molar-refractivity contribution is -0.154. The van der Waals surface area contributed by atoms with E-state index < -0.39 is 12.8 Å². The maximum Gasteiger partial charge on any atom is 0.422 e. The smallest absolute Gasteiger partial charge is 0.422 e. The van der Waals surface area contributed by atoms with Crippen LogP contribution >= 0.6 is 0 Å². The molecule has 0 fully saturated rings. The zero-order valence-corrected chi connectivity index (χ0v) is 15.3. The van der Waals surface area contributed by atoms with Gasteiger partial charge in [0.05, 0.1) is 6.54 Å². The highest BCUT2D eigenvalue weighted by Crippen LogP contribution is 2.17. The van der Waals surface area contributed by atoms with Gasteiger partial charge in [-0.2, -0.15) is 13.2 Å². The number of benzene rings is 1. The van der Waals surface area contributed by atoms with E-state index in [2.05, 4.69) is 25.3 Å². The molecule has 0 bridgehead atoms. The molecule has 2 N–H and O–H groups in total. The lowest BCUT2D eigenvalue weighted by Gasteiger charge is -2.13. The van der Waals surface area contributed by atoms with Crippen LogP contribution in [-0.2, 0) is 13.1 Å². The van der Waals surface area contributed by atoms with Crippen LogP contribution in [0.3, 0.4) is 0 Å². The van der Waals surface area contributed by atoms with Crippen molar-refractivity contribution >= 4 is 5.96 Å². The molecule has 1 aromatic carbocycles. The lowest BCUT2D eigenvalue weighted by Crippen LogP contribution is -2.36. The molecule has 5 nitrogen and oxygen atoms in total. The second-order valence-electron chi connectivity index (χ2n) is 5.88. The largest absolute Gasteiger partial charge is 0.468 e. The van der Waals surface area contributed by atoms with Crippen molar-refractivity contribution in [1.82, 2.24) is 15.6 Å². The number of alkyl halides is 3. The molecule has 146 valence electrons. The fourth-order valence-corrected chi connectivity index (χ4v) is 2.28. The summed E-state index contributed by atoms with van der Waals surface area (Å²) in [5.74, 6) is 0.549. The molecular formula is C19H23F3N4O. The molecule has 1 heterocycles. The Balaban J connectivity index is 1.98. The van der Waals surface area contributed by atoms with E-state index in [4.69, 9.17) is 0 Å². The number of hydrogen-bond donors (Lipinski definition) is 2. The van der Waals surface area contributed by atoms with Crippen molar-refractivity contribution in [2.75, 3.05) is 13.2 Å². The minimum atomic E-state index is -4.40. The van der Waals surface area contributed by atoms with Gasteiger partial charge in [-0.3, -0.25) is 0 Å². The number of aromatic nitrogens is 1. The van der Waals surface area contributed by atoms with Gasteiger partial charge in [-0.15, -0.1) is 0 Å². The molecule has 0 aliphatic rings. The third kappa shape index (κ3) is 7.55. The Labute approximate surface area is 156 Å². The Morgan fingerprint density at radius 2 is 1.96 bits per heavy atom. The van der Waals surface area contributed by atoms with E-state index in [1.165, 1.54) is 17.8 Å². The molecule has 0 aliphatic carbocycles. The fraction of sp³-hybridized carbons (Fsp3) is 0.368. The Morgan fingerprint density at radius 3 is 2.67 bits per heavy atom. The molecule has 0 radical (unpaired) electrons. The number of rotatable bonds is 7. The number of aryl methyl sites for hydroxylation is 1. The van der Waals surface area contributed by atoms with Gasteiger partial charge < -0.3 is 15.4 Å². The number of pyridine rings is 1. The lowest BCUT2D eigenvalue weighted by atomic mass is 10.1. The average molecular weight is 380 g/mol. The van der Waals surface area contributed by atoms with Gasteiger partial charge in [0, 0.05) is 25.4 Å². The summed E-state index contributed by atoms with van der Waals surface area (Å²) in [5, 5.41) is 6.40. The summed E-state index contributed by atoms with van der Waals surface area (Å²) >= 11 is 0. The van der Waals surface area contributed by atoms with Crippen molar-refractivity contribution in [3.8, 4) is 5.88 Å². The van der Waals surface area contributed by atoms with Crippen LogP contribution in [0.25, 0.3) is 0 Å². The Kier molecular flexibility index (Phi) is 7.45. The summed E-state index contributed by atoms with van der Waals surface area (Å²) in [6.45, 7) is 4.23. The molecular weight excluding hydrogens is 357 g/mol. The first-order valence-electron chi connectivity index (χ1n) is 8.58. The third-order valence-corrected chi connectivity index (χ3v) is 3.65. The zero-order valence-electron chi connectivity index (χ0n) is 15.3. The number of ether oxygens (including phenoxy) is 1. The predicted molar refractivity (Wildman–Crippen MR) is 98.6 cm³/mol. The highest BCUT2D eigenvalue weighted by Gasteiger charge is 2.28. The normalized spacial score (nSPS) is 12.0. The second kappa shape index (κ2) is 9.80. The molecule has 0 atom stereocenters. The molecule has 8 heteroatoms. The van der Waals surface area contributed by atoms with E-state index in [1.54, 1.807) is 6.07 Å². The van der Waals surface area contributed by atoms with Crippen molar-refractivity contribution in [3.05, 3.63) is 59.3 Å². The summed E-state index contributed by atoms with van der Waals surface area (Å²) < 4.78 is 41.4. The molecule has 2 aromatic rings. The summed E-state index contributed by atoms with van der Waals surface area (Å²) in [6, 6.07) is 11.2. The summed E-state index contributed by atoms with van der Waals surface area (Å²) in [7, 11) is 0. The molecule has 0 spiro atoms. The van der Waals surface area contributed by atoms with Crippen LogP contribution in [0.1, 0.15) is 23.6 Å². The number of aliphatic imine (C=N–C) groups is 1. The summed E-state index contributed by atoms with van der Waals surface area (Å²) in [4.78, 5) is 8.26. The molecule has 0 aliphatic heterocycles. The molecule has 0 amide bonds. The van der Waals surface area contributed by atoms with E-state index in [1.807, 2.05) is 38.1 Å². The van der Waals surface area contributed by atoms with E-state index in [9.17, 15) is 13.2 Å². The van der Waals surface area contributed by atoms with Gasteiger partial charge in [-0.1, -0.05) is 24.3 Å². The van der Waals surface area contributed by atoms with Gasteiger partial charge in [-0.25, -0.2) is 9.98 Å². The fourth-order valence-electron chi connectivity index (χ4n) is 2.28. The van der Waals surface area contributed by atoms with E-state index in [0.29, 0.717) is 24.6 Å². The van der Waals surface area contributed by atoms with Gasteiger partial charge >= 0.3 is 6.18 Å². The SMILES string of the molecule is CCNC(=NCc1ccnc(OCC(F)(F)F)c1)NCc1ccccc1C. The highest BCUT2D eigenvalue weighted by atomic mass is 19.4. The zero-order chi connectivity index (χ0) is 19.7. The standard InChI is InChI=1S/C19H23F3N4O/c1-3-23-18(26-12-16-7-5-4-6-14(16)2)25-11-15-8-9-24-17(10-15)27-13-19(20,21)22/h4-10H,3,11-13H2,1-2H3,(H2,23,25,26). The number of nitrogens with zero attached hydrogens (tertiary/aromatic N) is 2. The van der Waals surface area contributed by atoms with E-state index in [0.717, 1.165) is 5.56 Å². The quantitative estimate of drug-likeness (QED) is 0.569. The molecule has 1 aromatic heterocycles. The van der Waals surface area contributed by atoms with E-state index in [-0.39, 0.29) is 12.4 Å². The van der Waals surface area contributed by atoms with Crippen molar-refractivity contribution in [3.63, 3.8) is 0 Å². The Hall–Kier alpha value is -2.77. The van der Waals surface area contributed by atoms with Crippen molar-refractivity contribution in [2.24, 2.45) is 4.99 Å². The maximum absolute atomic E-state index is 12.2. The van der Waals surface area contributed by atoms with Crippen molar-refractivity contribution in [2.45, 2.75) is 33.1 Å². The first-order valence-corrected chi connectivity index (χ1v) is 8.58. The van der Waals surface area contributed by atoms with Crippen LogP contribution < -0.4 is 15.4 Å². The van der Waals surface area contributed by atoms with Crippen molar-refractivity contribution < 1.29 is 17.9 Å². The van der Waals surface area contributed by atoms with Crippen LogP contribution in [0.4, 0.5) is 13.2 Å². The van der Waals surface area contributed by atoms with Gasteiger partial charge in [0.1, 0.15) is 0 Å². The topological polar surface area (TPSA) is 58.5 Å². The van der Waals surface area contributed by atoms with Gasteiger partial charge in [0.15, 0.2) is 12.6 Å². The second-order valence-corrected chi connectivity index (χ2v) is 5.88. The molecule has 0 saturated carbocycles. The molecule has 0 saturated heterocycles. The number of hydrogen-bond acceptors (Lipinski definition) is 3. The number of halogens is 3. The first kappa shape index (κ1) is 20.5. The average Bonchev–Trinajstić information content (AvgIpc) is 2.63. The highest BCUT2D eigenvalue weighted by molar-refractivity contribution is 5.79. The van der Waals surface area contributed by atoms with Crippen molar-refractivity contribution in [1.29, 1.82) is 0 Å². The number of guanidine groups is 1. The Bertz CT molecular complexity index is 763. The van der Waals surface area contributed by atoms with Crippen LogP contribution in [0.2, 0.25) is 0 Å². The van der Waals surface area contributed by atoms with Crippen LogP contribution in [0, 0.1) is 6.92 Å². The molecule has 27 heavy (non-hydrogen) atoms. The predicted octanol–water partition coefficient (Wildman–Crippen LogP) is 3.59. The van der Waals surface area contributed by atoms with Crippen LogP contribution in [0.5, 0.6) is 5.88 Å². The minimum Gasteiger partial charge on any atom is -0.468 e. The maximum atomic E-state index is 12.2. The van der Waals surface area contributed by atoms with Gasteiger partial charge in [-0.05, 0) is 36.6 Å². The Morgan fingerprint density at radius 1 is 1.19 bits per heavy atom. The van der Waals surface area contributed by atoms with Crippen LogP contribution in [0.15, 0.2) is 47.6 Å².